The van der Waals surface area contributed by atoms with Gasteiger partial charge in [-0.25, -0.2) is 13.4 Å². The van der Waals surface area contributed by atoms with Crippen molar-refractivity contribution in [3.8, 4) is 11.3 Å². The summed E-state index contributed by atoms with van der Waals surface area (Å²) in [5, 5.41) is 0.132. The van der Waals surface area contributed by atoms with Gasteiger partial charge in [0.05, 0.1) is 21.5 Å². The first kappa shape index (κ1) is 22.8. The summed E-state index contributed by atoms with van der Waals surface area (Å²) in [6.07, 6.45) is 1.68. The van der Waals surface area contributed by atoms with E-state index in [0.717, 1.165) is 30.0 Å². The SMILES string of the molecule is CC(=O)N1CCN(Cc2c(-c3ccc(Cl)cc3)nc3ccc(S(=O)(=O)C(C)C)cn23)CC1. The molecule has 0 spiro atoms. The second kappa shape index (κ2) is 8.84. The Bertz CT molecular complexity index is 1240. The molecule has 0 unspecified atom stereocenters. The molecule has 7 nitrogen and oxygen atoms in total. The van der Waals surface area contributed by atoms with E-state index in [1.54, 1.807) is 39.1 Å². The lowest BCUT2D eigenvalue weighted by molar-refractivity contribution is -0.130. The molecular weight excluding hydrogens is 448 g/mol. The van der Waals surface area contributed by atoms with E-state index in [1.165, 1.54) is 0 Å². The van der Waals surface area contributed by atoms with Gasteiger partial charge in [-0.15, -0.1) is 0 Å². The summed E-state index contributed by atoms with van der Waals surface area (Å²) < 4.78 is 27.5. The zero-order chi connectivity index (χ0) is 23.0. The first-order valence-electron chi connectivity index (χ1n) is 10.7. The topological polar surface area (TPSA) is 75.0 Å². The van der Waals surface area contributed by atoms with Gasteiger partial charge in [0.2, 0.25) is 5.91 Å². The van der Waals surface area contributed by atoms with Gasteiger partial charge >= 0.3 is 0 Å². The van der Waals surface area contributed by atoms with Crippen LogP contribution in [0.25, 0.3) is 16.9 Å². The van der Waals surface area contributed by atoms with Crippen molar-refractivity contribution in [2.75, 3.05) is 26.2 Å². The first-order valence-corrected chi connectivity index (χ1v) is 12.6. The second-order valence-electron chi connectivity index (χ2n) is 8.38. The molecule has 0 saturated carbocycles. The van der Waals surface area contributed by atoms with Crippen molar-refractivity contribution in [2.45, 2.75) is 37.5 Å². The van der Waals surface area contributed by atoms with Crippen LogP contribution in [0.1, 0.15) is 26.5 Å². The number of fused-ring (bicyclic) bond motifs is 1. The fourth-order valence-electron chi connectivity index (χ4n) is 3.94. The maximum absolute atomic E-state index is 12.8. The Balaban J connectivity index is 1.78. The number of halogens is 1. The fourth-order valence-corrected chi connectivity index (χ4v) is 5.12. The average Bonchev–Trinajstić information content (AvgIpc) is 3.12. The van der Waals surface area contributed by atoms with Gasteiger partial charge in [-0.2, -0.15) is 0 Å². The average molecular weight is 475 g/mol. The lowest BCUT2D eigenvalue weighted by atomic mass is 10.1. The van der Waals surface area contributed by atoms with Crippen LogP contribution in [0.3, 0.4) is 0 Å². The van der Waals surface area contributed by atoms with Crippen molar-refractivity contribution < 1.29 is 13.2 Å². The molecular formula is C23H27ClN4O3S. The summed E-state index contributed by atoms with van der Waals surface area (Å²) in [5.74, 6) is 0.0878. The maximum atomic E-state index is 12.8. The van der Waals surface area contributed by atoms with Gasteiger partial charge in [0.15, 0.2) is 9.84 Å². The number of rotatable bonds is 5. The summed E-state index contributed by atoms with van der Waals surface area (Å²) in [7, 11) is -3.42. The van der Waals surface area contributed by atoms with Crippen molar-refractivity contribution in [1.82, 2.24) is 19.2 Å². The highest BCUT2D eigenvalue weighted by molar-refractivity contribution is 7.92. The van der Waals surface area contributed by atoms with Crippen LogP contribution in [0.5, 0.6) is 0 Å². The number of aromatic nitrogens is 2. The van der Waals surface area contributed by atoms with E-state index in [4.69, 9.17) is 16.6 Å². The Labute approximate surface area is 193 Å². The molecule has 0 atom stereocenters. The van der Waals surface area contributed by atoms with Crippen LogP contribution in [0.15, 0.2) is 47.5 Å². The molecule has 1 fully saturated rings. The Hall–Kier alpha value is -2.42. The molecule has 2 aromatic heterocycles. The third-order valence-electron chi connectivity index (χ3n) is 5.95. The van der Waals surface area contributed by atoms with Crippen LogP contribution in [0, 0.1) is 0 Å². The quantitative estimate of drug-likeness (QED) is 0.565. The van der Waals surface area contributed by atoms with E-state index in [0.29, 0.717) is 30.3 Å². The highest BCUT2D eigenvalue weighted by atomic mass is 35.5. The minimum Gasteiger partial charge on any atom is -0.340 e. The van der Waals surface area contributed by atoms with Crippen molar-refractivity contribution in [2.24, 2.45) is 0 Å². The zero-order valence-electron chi connectivity index (χ0n) is 18.5. The molecule has 32 heavy (non-hydrogen) atoms. The Kier molecular flexibility index (Phi) is 6.29. The third kappa shape index (κ3) is 4.40. The van der Waals surface area contributed by atoms with E-state index in [1.807, 2.05) is 33.6 Å². The number of amides is 1. The summed E-state index contributed by atoms with van der Waals surface area (Å²) in [6, 6.07) is 10.9. The van der Waals surface area contributed by atoms with Gasteiger partial charge in [0.1, 0.15) is 5.65 Å². The Morgan fingerprint density at radius 2 is 1.72 bits per heavy atom. The number of hydrogen-bond donors (Lipinski definition) is 0. The number of piperazine rings is 1. The number of sulfone groups is 1. The van der Waals surface area contributed by atoms with E-state index < -0.39 is 15.1 Å². The van der Waals surface area contributed by atoms with Gasteiger partial charge in [-0.1, -0.05) is 23.7 Å². The fraction of sp³-hybridized carbons (Fsp3) is 0.391. The number of nitrogens with zero attached hydrogens (tertiary/aromatic N) is 4. The van der Waals surface area contributed by atoms with Gasteiger partial charge in [-0.3, -0.25) is 9.69 Å². The summed E-state index contributed by atoms with van der Waals surface area (Å²) in [5.41, 5.74) is 3.33. The standard InChI is InChI=1S/C23H27ClN4O3S/c1-16(2)32(30,31)20-8-9-22-25-23(18-4-6-19(24)7-5-18)21(28(22)14-20)15-26-10-12-27(13-11-26)17(3)29/h4-9,14,16H,10-13,15H2,1-3H3. The summed E-state index contributed by atoms with van der Waals surface area (Å²) in [6.45, 7) is 8.40. The number of pyridine rings is 1. The van der Waals surface area contributed by atoms with E-state index in [2.05, 4.69) is 4.90 Å². The molecule has 1 amide bonds. The predicted molar refractivity (Wildman–Crippen MR) is 125 cm³/mol. The summed E-state index contributed by atoms with van der Waals surface area (Å²) >= 11 is 6.08. The highest BCUT2D eigenvalue weighted by Crippen LogP contribution is 2.29. The molecule has 1 saturated heterocycles. The van der Waals surface area contributed by atoms with Crippen LogP contribution in [-0.2, 0) is 21.2 Å². The zero-order valence-corrected chi connectivity index (χ0v) is 20.0. The van der Waals surface area contributed by atoms with Crippen LogP contribution in [0.4, 0.5) is 0 Å². The molecule has 0 aliphatic carbocycles. The molecule has 4 rings (SSSR count). The number of carbonyl (C=O) groups is 1. The molecule has 9 heteroatoms. The van der Waals surface area contributed by atoms with Crippen LogP contribution in [0.2, 0.25) is 5.02 Å². The van der Waals surface area contributed by atoms with Crippen LogP contribution >= 0.6 is 11.6 Å². The molecule has 1 aliphatic heterocycles. The molecule has 3 heterocycles. The smallest absolute Gasteiger partial charge is 0.219 e. The van der Waals surface area contributed by atoms with Crippen molar-refractivity contribution in [3.63, 3.8) is 0 Å². The predicted octanol–water partition coefficient (Wildman–Crippen LogP) is 3.50. The number of carbonyl (C=O) groups excluding carboxylic acids is 1. The molecule has 1 aliphatic rings. The number of benzene rings is 1. The van der Waals surface area contributed by atoms with Gasteiger partial charge in [0.25, 0.3) is 0 Å². The Morgan fingerprint density at radius 3 is 2.31 bits per heavy atom. The molecule has 0 radical (unpaired) electrons. The maximum Gasteiger partial charge on any atom is 0.219 e. The van der Waals surface area contributed by atoms with Crippen molar-refractivity contribution in [1.29, 1.82) is 0 Å². The molecule has 3 aromatic rings. The number of imidazole rings is 1. The lowest BCUT2D eigenvalue weighted by Gasteiger charge is -2.34. The molecule has 170 valence electrons. The molecule has 1 aromatic carbocycles. The third-order valence-corrected chi connectivity index (χ3v) is 8.34. The lowest BCUT2D eigenvalue weighted by Crippen LogP contribution is -2.47. The normalized spacial score (nSPS) is 15.6. The number of hydrogen-bond acceptors (Lipinski definition) is 5. The van der Waals surface area contributed by atoms with Crippen LogP contribution < -0.4 is 0 Å². The van der Waals surface area contributed by atoms with Gasteiger partial charge < -0.3 is 9.30 Å². The van der Waals surface area contributed by atoms with Gasteiger partial charge in [-0.05, 0) is 38.1 Å². The minimum absolute atomic E-state index is 0.0878. The Morgan fingerprint density at radius 1 is 1.06 bits per heavy atom. The van der Waals surface area contributed by atoms with E-state index in [-0.39, 0.29) is 10.8 Å². The highest BCUT2D eigenvalue weighted by Gasteiger charge is 2.24. The van der Waals surface area contributed by atoms with Crippen molar-refractivity contribution >= 4 is 33.0 Å². The largest absolute Gasteiger partial charge is 0.340 e. The van der Waals surface area contributed by atoms with E-state index >= 15 is 0 Å². The van der Waals surface area contributed by atoms with E-state index in [9.17, 15) is 13.2 Å². The van der Waals surface area contributed by atoms with Gasteiger partial charge in [0, 0.05) is 56.4 Å². The van der Waals surface area contributed by atoms with Crippen molar-refractivity contribution in [3.05, 3.63) is 53.3 Å². The monoisotopic (exact) mass is 474 g/mol. The van der Waals surface area contributed by atoms with Crippen LogP contribution in [-0.4, -0.2) is 64.9 Å². The minimum atomic E-state index is -3.42. The second-order valence-corrected chi connectivity index (χ2v) is 11.3. The summed E-state index contributed by atoms with van der Waals surface area (Å²) in [4.78, 5) is 20.9. The molecule has 0 bridgehead atoms. The molecule has 0 N–H and O–H groups in total. The first-order chi connectivity index (χ1) is 15.2.